The molecule has 3 heterocycles. The molecule has 0 atom stereocenters. The number of aryl methyl sites for hydroxylation is 2. The number of benzene rings is 1. The molecule has 1 aliphatic rings. The molecule has 1 aliphatic heterocycles. The number of nitrogens with zero attached hydrogens (tertiary/aromatic N) is 5. The monoisotopic (exact) mass is 353 g/mol. The van der Waals surface area contributed by atoms with Gasteiger partial charge in [0, 0.05) is 45.6 Å². The number of carbonyl (C=O) groups is 1. The van der Waals surface area contributed by atoms with Gasteiger partial charge in [0.15, 0.2) is 11.5 Å². The summed E-state index contributed by atoms with van der Waals surface area (Å²) in [6.07, 6.45) is 5.29. The van der Waals surface area contributed by atoms with Crippen LogP contribution in [0.4, 0.5) is 0 Å². The molecule has 0 N–H and O–H groups in total. The SMILES string of the molecule is CN(Cc1ccc2c(c1)OCO2)C(=O)c1cn(C)nc1-c1cnn(C)c1. The fraction of sp³-hybridized carbons (Fsp3) is 0.278. The zero-order valence-corrected chi connectivity index (χ0v) is 14.8. The third-order valence-electron chi connectivity index (χ3n) is 4.24. The van der Waals surface area contributed by atoms with Gasteiger partial charge < -0.3 is 14.4 Å². The fourth-order valence-corrected chi connectivity index (χ4v) is 2.99. The minimum absolute atomic E-state index is 0.102. The predicted molar refractivity (Wildman–Crippen MR) is 93.8 cm³/mol. The Bertz CT molecular complexity index is 975. The Hall–Kier alpha value is -3.29. The lowest BCUT2D eigenvalue weighted by Crippen LogP contribution is -2.26. The maximum Gasteiger partial charge on any atom is 0.257 e. The van der Waals surface area contributed by atoms with E-state index >= 15 is 0 Å². The topological polar surface area (TPSA) is 74.4 Å². The van der Waals surface area contributed by atoms with E-state index in [-0.39, 0.29) is 12.7 Å². The van der Waals surface area contributed by atoms with Crippen molar-refractivity contribution in [3.63, 3.8) is 0 Å². The first-order valence-electron chi connectivity index (χ1n) is 8.18. The van der Waals surface area contributed by atoms with Crippen LogP contribution in [0.2, 0.25) is 0 Å². The lowest BCUT2D eigenvalue weighted by Gasteiger charge is -2.17. The van der Waals surface area contributed by atoms with Crippen LogP contribution in [0, 0.1) is 0 Å². The standard InChI is InChI=1S/C18H19N5O3/c1-21(8-12-4-5-15-16(6-12)26-11-25-15)18(24)14-10-23(3)20-17(14)13-7-19-22(2)9-13/h4-7,9-10H,8,11H2,1-3H3. The second kappa shape index (κ2) is 6.21. The second-order valence-electron chi connectivity index (χ2n) is 6.32. The van der Waals surface area contributed by atoms with Gasteiger partial charge >= 0.3 is 0 Å². The Kier molecular flexibility index (Phi) is 3.87. The van der Waals surface area contributed by atoms with Crippen molar-refractivity contribution in [1.29, 1.82) is 0 Å². The molecule has 134 valence electrons. The summed E-state index contributed by atoms with van der Waals surface area (Å²) in [5.74, 6) is 1.34. The molecule has 3 aromatic rings. The van der Waals surface area contributed by atoms with Crippen LogP contribution in [0.3, 0.4) is 0 Å². The van der Waals surface area contributed by atoms with Crippen LogP contribution in [-0.4, -0.2) is 44.2 Å². The number of rotatable bonds is 4. The number of fused-ring (bicyclic) bond motifs is 1. The largest absolute Gasteiger partial charge is 0.454 e. The average Bonchev–Trinajstić information content (AvgIpc) is 3.33. The number of aromatic nitrogens is 4. The van der Waals surface area contributed by atoms with Crippen molar-refractivity contribution in [2.45, 2.75) is 6.54 Å². The molecule has 8 nitrogen and oxygen atoms in total. The van der Waals surface area contributed by atoms with Crippen molar-refractivity contribution >= 4 is 5.91 Å². The van der Waals surface area contributed by atoms with Crippen LogP contribution in [-0.2, 0) is 20.6 Å². The van der Waals surface area contributed by atoms with Gasteiger partial charge in [0.25, 0.3) is 5.91 Å². The number of hydrogen-bond acceptors (Lipinski definition) is 5. The molecule has 2 aromatic heterocycles. The normalized spacial score (nSPS) is 12.4. The summed E-state index contributed by atoms with van der Waals surface area (Å²) in [6, 6.07) is 5.70. The molecule has 0 unspecified atom stereocenters. The van der Waals surface area contributed by atoms with E-state index in [0.717, 1.165) is 16.9 Å². The highest BCUT2D eigenvalue weighted by atomic mass is 16.7. The second-order valence-corrected chi connectivity index (χ2v) is 6.32. The van der Waals surface area contributed by atoms with Gasteiger partial charge in [0.05, 0.1) is 11.8 Å². The van der Waals surface area contributed by atoms with E-state index in [1.54, 1.807) is 40.8 Å². The van der Waals surface area contributed by atoms with Crippen molar-refractivity contribution < 1.29 is 14.3 Å². The Balaban J connectivity index is 1.57. The molecule has 4 rings (SSSR count). The van der Waals surface area contributed by atoms with Crippen LogP contribution in [0.25, 0.3) is 11.3 Å². The molecule has 1 amide bonds. The molecule has 0 fully saturated rings. The molecule has 0 radical (unpaired) electrons. The molecule has 0 saturated heterocycles. The van der Waals surface area contributed by atoms with Gasteiger partial charge in [-0.25, -0.2) is 0 Å². The van der Waals surface area contributed by atoms with Gasteiger partial charge in [0.1, 0.15) is 5.69 Å². The molecule has 1 aromatic carbocycles. The van der Waals surface area contributed by atoms with Gasteiger partial charge in [0.2, 0.25) is 6.79 Å². The first-order chi connectivity index (χ1) is 12.5. The van der Waals surface area contributed by atoms with E-state index in [1.165, 1.54) is 0 Å². The van der Waals surface area contributed by atoms with Crippen molar-refractivity contribution in [3.8, 4) is 22.8 Å². The van der Waals surface area contributed by atoms with Crippen molar-refractivity contribution in [2.24, 2.45) is 14.1 Å². The highest BCUT2D eigenvalue weighted by Gasteiger charge is 2.22. The molecule has 0 spiro atoms. The Labute approximate surface area is 150 Å². The summed E-state index contributed by atoms with van der Waals surface area (Å²) in [5.41, 5.74) is 2.96. The van der Waals surface area contributed by atoms with Crippen LogP contribution < -0.4 is 9.47 Å². The molecule has 0 saturated carbocycles. The zero-order valence-electron chi connectivity index (χ0n) is 14.8. The summed E-state index contributed by atoms with van der Waals surface area (Å²) < 4.78 is 14.1. The quantitative estimate of drug-likeness (QED) is 0.715. The number of hydrogen-bond donors (Lipinski definition) is 0. The lowest BCUT2D eigenvalue weighted by atomic mass is 10.1. The first-order valence-corrected chi connectivity index (χ1v) is 8.18. The van der Waals surface area contributed by atoms with E-state index in [4.69, 9.17) is 9.47 Å². The molecule has 0 aliphatic carbocycles. The molecular weight excluding hydrogens is 334 g/mol. The third-order valence-corrected chi connectivity index (χ3v) is 4.24. The van der Waals surface area contributed by atoms with Crippen LogP contribution >= 0.6 is 0 Å². The van der Waals surface area contributed by atoms with Crippen molar-refractivity contribution in [1.82, 2.24) is 24.5 Å². The van der Waals surface area contributed by atoms with E-state index in [9.17, 15) is 4.79 Å². The van der Waals surface area contributed by atoms with E-state index < -0.39 is 0 Å². The van der Waals surface area contributed by atoms with Gasteiger partial charge in [-0.05, 0) is 17.7 Å². The van der Waals surface area contributed by atoms with Crippen molar-refractivity contribution in [3.05, 3.63) is 47.9 Å². The highest BCUT2D eigenvalue weighted by Crippen LogP contribution is 2.33. The number of carbonyl (C=O) groups excluding carboxylic acids is 1. The lowest BCUT2D eigenvalue weighted by molar-refractivity contribution is 0.0785. The summed E-state index contributed by atoms with van der Waals surface area (Å²) in [7, 11) is 5.40. The zero-order chi connectivity index (χ0) is 18.3. The Morgan fingerprint density at radius 3 is 2.77 bits per heavy atom. The van der Waals surface area contributed by atoms with E-state index in [2.05, 4.69) is 10.2 Å². The minimum atomic E-state index is -0.102. The van der Waals surface area contributed by atoms with Gasteiger partial charge in [-0.15, -0.1) is 0 Å². The average molecular weight is 353 g/mol. The third kappa shape index (κ3) is 2.90. The molecule has 8 heteroatoms. The van der Waals surface area contributed by atoms with Crippen LogP contribution in [0.5, 0.6) is 11.5 Å². The van der Waals surface area contributed by atoms with Crippen LogP contribution in [0.1, 0.15) is 15.9 Å². The van der Waals surface area contributed by atoms with E-state index in [1.807, 2.05) is 31.4 Å². The molecular formula is C18H19N5O3. The molecule has 26 heavy (non-hydrogen) atoms. The Morgan fingerprint density at radius 2 is 2.00 bits per heavy atom. The first kappa shape index (κ1) is 16.2. The number of amides is 1. The van der Waals surface area contributed by atoms with E-state index in [0.29, 0.717) is 23.6 Å². The minimum Gasteiger partial charge on any atom is -0.454 e. The van der Waals surface area contributed by atoms with Gasteiger partial charge in [-0.1, -0.05) is 6.07 Å². The van der Waals surface area contributed by atoms with Gasteiger partial charge in [-0.3, -0.25) is 14.2 Å². The Morgan fingerprint density at radius 1 is 1.19 bits per heavy atom. The summed E-state index contributed by atoms with van der Waals surface area (Å²) in [5, 5.41) is 8.60. The highest BCUT2D eigenvalue weighted by molar-refractivity contribution is 5.99. The smallest absolute Gasteiger partial charge is 0.257 e. The predicted octanol–water partition coefficient (Wildman–Crippen LogP) is 1.82. The maximum atomic E-state index is 13.0. The summed E-state index contributed by atoms with van der Waals surface area (Å²) in [4.78, 5) is 14.6. The fourth-order valence-electron chi connectivity index (χ4n) is 2.99. The number of ether oxygens (including phenoxy) is 2. The summed E-state index contributed by atoms with van der Waals surface area (Å²) in [6.45, 7) is 0.689. The molecule has 0 bridgehead atoms. The van der Waals surface area contributed by atoms with Crippen molar-refractivity contribution in [2.75, 3.05) is 13.8 Å². The van der Waals surface area contributed by atoms with Gasteiger partial charge in [-0.2, -0.15) is 10.2 Å². The maximum absolute atomic E-state index is 13.0. The van der Waals surface area contributed by atoms with Crippen LogP contribution in [0.15, 0.2) is 36.8 Å². The summed E-state index contributed by atoms with van der Waals surface area (Å²) >= 11 is 0.